The van der Waals surface area contributed by atoms with E-state index in [1.54, 1.807) is 68.1 Å². The minimum Gasteiger partial charge on any atom is -0.489 e. The molecule has 3 aliphatic rings. The average molecular weight is 1090 g/mol. The molecule has 19 nitrogen and oxygen atoms in total. The molecule has 7 rings (SSSR count). The summed E-state index contributed by atoms with van der Waals surface area (Å²) in [5.74, 6) is -2.25. The lowest BCUT2D eigenvalue weighted by atomic mass is 9.49. The first-order valence-corrected chi connectivity index (χ1v) is 26.9. The number of nitrogens with one attached hydrogen (secondary N) is 3. The molecule has 0 spiro atoms. The van der Waals surface area contributed by atoms with Crippen molar-refractivity contribution < 1.29 is 48.1 Å². The number of carboxylic acid groups (broad SMARTS) is 1. The molecule has 1 aliphatic carbocycles. The standard InChI is InChI=1S/C55H72ClN9O10S/c1-32(34-10-12-35(13-11-34)46-33(2)59-31-76-46)60-49(71)41-27-38(74-45(69)19-18-44(67)68)29-65(41)50(72)47(53(3,4)5)61-43(66)30-73-25-24-63-20-22-64(23-21-63)42-17-14-36(28-58-42)48(70)62-51-54(6,7)52(55(51,8)9)75-37-15-16-40(57)39(56)26-37/h10-17,26,28,31-32,38,41,47,51-52H,18-25,27,29-30,57H2,1-9H3,(H,60,71)(H,61,66)(H,62,70)(H,67,68)/t32-,38+,41-,47+,51-,52-/m0/s1. The summed E-state index contributed by atoms with van der Waals surface area (Å²) in [7, 11) is 0. The van der Waals surface area contributed by atoms with Gasteiger partial charge >= 0.3 is 11.9 Å². The number of benzene rings is 2. The lowest BCUT2D eigenvalue weighted by Crippen LogP contribution is -2.74. The number of hydrogen-bond acceptors (Lipinski definition) is 15. The minimum atomic E-state index is -1.16. The van der Waals surface area contributed by atoms with Crippen LogP contribution in [0.5, 0.6) is 5.75 Å². The third-order valence-corrected chi connectivity index (χ3v) is 16.0. The fourth-order valence-corrected chi connectivity index (χ4v) is 11.7. The normalized spacial score (nSPS) is 20.9. The smallest absolute Gasteiger partial charge is 0.306 e. The van der Waals surface area contributed by atoms with Crippen LogP contribution in [0.3, 0.4) is 0 Å². The highest BCUT2D eigenvalue weighted by Gasteiger charge is 2.64. The van der Waals surface area contributed by atoms with Gasteiger partial charge in [-0.3, -0.25) is 33.7 Å². The number of nitrogen functional groups attached to an aromatic ring is 1. The lowest BCUT2D eigenvalue weighted by Gasteiger charge is -2.63. The fourth-order valence-electron chi connectivity index (χ4n) is 10.7. The van der Waals surface area contributed by atoms with Crippen LogP contribution < -0.4 is 31.3 Å². The van der Waals surface area contributed by atoms with Gasteiger partial charge in [-0.2, -0.15) is 0 Å². The SMILES string of the molecule is Cc1ncsc1-c1ccc([C@H](C)NC(=O)[C@@H]2C[C@@H](OC(=O)CCC(=O)O)CN2C(=O)[C@@H](NC(=O)COCCN2CCN(c3ccc(C(=O)N[C@H]4C(C)(C)[C@H](Oc5ccc(N)c(Cl)c5)C4(C)C)cn3)CC2)C(C)(C)C)cc1. The minimum absolute atomic E-state index is 0.0172. The van der Waals surface area contributed by atoms with E-state index in [1.165, 1.54) is 4.90 Å². The van der Waals surface area contributed by atoms with Crippen molar-refractivity contribution in [3.8, 4) is 16.2 Å². The highest BCUT2D eigenvalue weighted by molar-refractivity contribution is 7.13. The summed E-state index contributed by atoms with van der Waals surface area (Å²) in [6.45, 7) is 20.7. The Hall–Kier alpha value is -6.35. The van der Waals surface area contributed by atoms with Crippen LogP contribution >= 0.6 is 22.9 Å². The maximum absolute atomic E-state index is 14.5. The number of thiazole rings is 1. The molecule has 21 heteroatoms. The van der Waals surface area contributed by atoms with Crippen LogP contribution in [0.25, 0.3) is 10.4 Å². The Morgan fingerprint density at radius 1 is 0.934 bits per heavy atom. The first-order valence-electron chi connectivity index (χ1n) is 25.7. The number of ether oxygens (including phenoxy) is 3. The topological polar surface area (TPSA) is 248 Å². The third kappa shape index (κ3) is 13.6. The number of nitrogens with two attached hydrogens (primary N) is 1. The first-order chi connectivity index (χ1) is 35.8. The van der Waals surface area contributed by atoms with Crippen LogP contribution in [-0.4, -0.2) is 143 Å². The van der Waals surface area contributed by atoms with Crippen molar-refractivity contribution in [2.24, 2.45) is 16.2 Å². The Balaban J connectivity index is 0.874. The van der Waals surface area contributed by atoms with Gasteiger partial charge in [0, 0.05) is 68.3 Å². The van der Waals surface area contributed by atoms with Gasteiger partial charge < -0.3 is 50.8 Å². The highest BCUT2D eigenvalue weighted by Crippen LogP contribution is 2.55. The monoisotopic (exact) mass is 1090 g/mol. The fraction of sp³-hybridized carbons (Fsp3) is 0.527. The summed E-state index contributed by atoms with van der Waals surface area (Å²) in [5.41, 5.74) is 9.80. The molecular formula is C55H72ClN9O10S. The van der Waals surface area contributed by atoms with Crippen LogP contribution in [0.2, 0.25) is 5.02 Å². The van der Waals surface area contributed by atoms with Gasteiger partial charge in [-0.15, -0.1) is 11.3 Å². The number of amides is 4. The first kappa shape index (κ1) is 57.4. The summed E-state index contributed by atoms with van der Waals surface area (Å²) in [4.78, 5) is 95.1. The molecule has 4 amide bonds. The number of piperazine rings is 1. The number of carbonyl (C=O) groups excluding carboxylic acids is 5. The van der Waals surface area contributed by atoms with Crippen LogP contribution in [-0.2, 0) is 33.4 Å². The van der Waals surface area contributed by atoms with Crippen molar-refractivity contribution in [1.29, 1.82) is 0 Å². The molecule has 76 heavy (non-hydrogen) atoms. The molecule has 6 N–H and O–H groups in total. The predicted molar refractivity (Wildman–Crippen MR) is 290 cm³/mol. The molecule has 2 aliphatic heterocycles. The van der Waals surface area contributed by atoms with Crippen molar-refractivity contribution in [3.63, 3.8) is 0 Å². The molecule has 0 radical (unpaired) electrons. The number of halogens is 1. The van der Waals surface area contributed by atoms with E-state index in [0.717, 1.165) is 40.6 Å². The lowest BCUT2D eigenvalue weighted by molar-refractivity contribution is -0.164. The van der Waals surface area contributed by atoms with E-state index in [9.17, 15) is 28.8 Å². The Labute approximate surface area is 453 Å². The zero-order valence-corrected chi connectivity index (χ0v) is 46.4. The summed E-state index contributed by atoms with van der Waals surface area (Å²) < 4.78 is 17.8. The number of carboxylic acids is 1. The van der Waals surface area contributed by atoms with Crippen molar-refractivity contribution in [2.45, 2.75) is 118 Å². The van der Waals surface area contributed by atoms with Crippen molar-refractivity contribution in [2.75, 3.05) is 63.1 Å². The highest BCUT2D eigenvalue weighted by atomic mass is 35.5. The molecule has 2 aromatic carbocycles. The molecule has 410 valence electrons. The summed E-state index contributed by atoms with van der Waals surface area (Å²) in [5, 5.41) is 18.6. The number of carbonyl (C=O) groups is 6. The molecule has 3 fully saturated rings. The second kappa shape index (κ2) is 23.9. The Kier molecular flexibility index (Phi) is 18.0. The van der Waals surface area contributed by atoms with E-state index in [0.29, 0.717) is 41.7 Å². The number of nitrogens with zero attached hydrogens (tertiary/aromatic N) is 5. The van der Waals surface area contributed by atoms with E-state index >= 15 is 0 Å². The number of anilines is 2. The molecular weight excluding hydrogens is 1010 g/mol. The number of esters is 1. The van der Waals surface area contributed by atoms with Gasteiger partial charge in [0.1, 0.15) is 42.5 Å². The van der Waals surface area contributed by atoms with E-state index in [-0.39, 0.29) is 61.5 Å². The second-order valence-corrected chi connectivity index (χ2v) is 23.5. The summed E-state index contributed by atoms with van der Waals surface area (Å²) in [6, 6.07) is 13.9. The number of aryl methyl sites for hydroxylation is 1. The molecule has 4 atom stereocenters. The van der Waals surface area contributed by atoms with Gasteiger partial charge in [0.15, 0.2) is 0 Å². The van der Waals surface area contributed by atoms with Gasteiger partial charge in [0.25, 0.3) is 5.91 Å². The molecule has 2 saturated heterocycles. The summed E-state index contributed by atoms with van der Waals surface area (Å²) in [6.07, 6.45) is -0.276. The molecule has 0 bridgehead atoms. The molecule has 2 aromatic heterocycles. The third-order valence-electron chi connectivity index (χ3n) is 14.7. The summed E-state index contributed by atoms with van der Waals surface area (Å²) >= 11 is 7.78. The predicted octanol–water partition coefficient (Wildman–Crippen LogP) is 6.29. The van der Waals surface area contributed by atoms with E-state index in [2.05, 4.69) is 63.4 Å². The van der Waals surface area contributed by atoms with Crippen LogP contribution in [0.1, 0.15) is 102 Å². The average Bonchev–Trinajstić information content (AvgIpc) is 4.11. The Bertz CT molecular complexity index is 2720. The van der Waals surface area contributed by atoms with Crippen molar-refractivity contribution in [1.82, 2.24) is 35.7 Å². The van der Waals surface area contributed by atoms with E-state index in [1.807, 2.05) is 44.2 Å². The van der Waals surface area contributed by atoms with Gasteiger partial charge in [-0.25, -0.2) is 9.97 Å². The molecule has 4 aromatic rings. The van der Waals surface area contributed by atoms with Crippen LogP contribution in [0.4, 0.5) is 11.5 Å². The molecule has 0 unspecified atom stereocenters. The van der Waals surface area contributed by atoms with Gasteiger partial charge in [0.05, 0.1) is 64.4 Å². The van der Waals surface area contributed by atoms with Crippen LogP contribution in [0, 0.1) is 23.2 Å². The number of aromatic nitrogens is 2. The number of likely N-dealkylation sites (tertiary alicyclic amines) is 1. The largest absolute Gasteiger partial charge is 0.489 e. The molecule has 1 saturated carbocycles. The molecule has 4 heterocycles. The van der Waals surface area contributed by atoms with Gasteiger partial charge in [-0.05, 0) is 54.7 Å². The zero-order chi connectivity index (χ0) is 55.3. The zero-order valence-electron chi connectivity index (χ0n) is 44.8. The number of aliphatic carboxylic acids is 1. The maximum atomic E-state index is 14.5. The number of hydrogen-bond donors (Lipinski definition) is 5. The Morgan fingerprint density at radius 3 is 2.24 bits per heavy atom. The van der Waals surface area contributed by atoms with Crippen molar-refractivity contribution >= 4 is 70.0 Å². The quantitative estimate of drug-likeness (QED) is 0.0371. The second-order valence-electron chi connectivity index (χ2n) is 22.3. The van der Waals surface area contributed by atoms with E-state index < -0.39 is 65.7 Å². The Morgan fingerprint density at radius 2 is 1.63 bits per heavy atom. The van der Waals surface area contributed by atoms with E-state index in [4.69, 9.17) is 36.7 Å². The number of pyridine rings is 1. The van der Waals surface area contributed by atoms with Gasteiger partial charge in [0.2, 0.25) is 17.7 Å². The van der Waals surface area contributed by atoms with Crippen molar-refractivity contribution in [3.05, 3.63) is 88.1 Å². The van der Waals surface area contributed by atoms with Crippen LogP contribution in [0.15, 0.2) is 66.3 Å². The van der Waals surface area contributed by atoms with Gasteiger partial charge in [-0.1, -0.05) is 84.3 Å². The number of rotatable bonds is 20. The maximum Gasteiger partial charge on any atom is 0.306 e.